The van der Waals surface area contributed by atoms with E-state index < -0.39 is 6.03 Å². The lowest BCUT2D eigenvalue weighted by atomic mass is 10.2. The van der Waals surface area contributed by atoms with Crippen LogP contribution in [0.5, 0.6) is 0 Å². The number of carbonyl (C=O) groups excluding carboxylic acids is 2. The number of urea groups is 1. The molecule has 6 heteroatoms. The maximum absolute atomic E-state index is 11.7. The molecule has 2 rings (SSSR count). The molecule has 1 aromatic heterocycles. The van der Waals surface area contributed by atoms with Gasteiger partial charge in [-0.2, -0.15) is 0 Å². The van der Waals surface area contributed by atoms with Gasteiger partial charge in [0.15, 0.2) is 0 Å². The van der Waals surface area contributed by atoms with Gasteiger partial charge in [0.25, 0.3) is 0 Å². The summed E-state index contributed by atoms with van der Waals surface area (Å²) in [5.41, 5.74) is 0.981. The average molecular weight is 317 g/mol. The minimum Gasteiger partial charge on any atom is -0.334 e. The summed E-state index contributed by atoms with van der Waals surface area (Å²) in [7, 11) is 0. The van der Waals surface area contributed by atoms with E-state index >= 15 is 0 Å². The number of imide groups is 1. The van der Waals surface area contributed by atoms with Gasteiger partial charge in [0.1, 0.15) is 0 Å². The molecule has 0 aliphatic rings. The van der Waals surface area contributed by atoms with E-state index in [0.717, 1.165) is 10.4 Å². The van der Waals surface area contributed by atoms with Gasteiger partial charge in [0.05, 0.1) is 6.54 Å². The van der Waals surface area contributed by atoms with E-state index in [4.69, 9.17) is 0 Å². The second kappa shape index (κ2) is 8.31. The summed E-state index contributed by atoms with van der Waals surface area (Å²) in [4.78, 5) is 24.5. The van der Waals surface area contributed by atoms with Gasteiger partial charge in [-0.1, -0.05) is 36.4 Å². The monoisotopic (exact) mass is 317 g/mol. The lowest BCUT2D eigenvalue weighted by Crippen LogP contribution is -2.43. The normalized spacial score (nSPS) is 11.7. The highest BCUT2D eigenvalue weighted by Crippen LogP contribution is 2.17. The molecule has 0 radical (unpaired) electrons. The number of benzene rings is 1. The molecule has 116 valence electrons. The Morgan fingerprint density at radius 2 is 1.91 bits per heavy atom. The van der Waals surface area contributed by atoms with Crippen LogP contribution in [-0.2, 0) is 11.3 Å². The van der Waals surface area contributed by atoms with Crippen LogP contribution >= 0.6 is 11.3 Å². The second-order valence-corrected chi connectivity index (χ2v) is 5.81. The molecule has 0 bridgehead atoms. The quantitative estimate of drug-likeness (QED) is 0.766. The van der Waals surface area contributed by atoms with Gasteiger partial charge in [0, 0.05) is 17.5 Å². The van der Waals surface area contributed by atoms with Gasteiger partial charge < -0.3 is 10.6 Å². The molecule has 5 nitrogen and oxygen atoms in total. The zero-order valence-electron chi connectivity index (χ0n) is 12.3. The summed E-state index contributed by atoms with van der Waals surface area (Å²) in [6, 6.07) is 13.1. The molecule has 22 heavy (non-hydrogen) atoms. The van der Waals surface area contributed by atoms with Gasteiger partial charge in [-0.25, -0.2) is 4.79 Å². The molecule has 2 aromatic rings. The summed E-state index contributed by atoms with van der Waals surface area (Å²) in [5, 5.41) is 10.0. The molecule has 3 amide bonds. The van der Waals surface area contributed by atoms with Crippen LogP contribution in [0.4, 0.5) is 4.79 Å². The SMILES string of the molecule is CC(NCC(=O)NC(=O)NCc1ccccc1)c1cccs1. The summed E-state index contributed by atoms with van der Waals surface area (Å²) in [5.74, 6) is -0.353. The number of nitrogens with one attached hydrogen (secondary N) is 3. The topological polar surface area (TPSA) is 70.2 Å². The zero-order chi connectivity index (χ0) is 15.8. The fourth-order valence-corrected chi connectivity index (χ4v) is 2.64. The minimum absolute atomic E-state index is 0.0816. The molecule has 0 spiro atoms. The molecule has 1 unspecified atom stereocenters. The van der Waals surface area contributed by atoms with E-state index in [-0.39, 0.29) is 18.5 Å². The Labute approximate surface area is 133 Å². The third kappa shape index (κ3) is 5.31. The molecule has 0 saturated carbocycles. The molecule has 0 aliphatic heterocycles. The van der Waals surface area contributed by atoms with Crippen molar-refractivity contribution in [2.45, 2.75) is 19.5 Å². The molecule has 1 heterocycles. The largest absolute Gasteiger partial charge is 0.334 e. The highest BCUT2D eigenvalue weighted by molar-refractivity contribution is 7.10. The Balaban J connectivity index is 1.67. The van der Waals surface area contributed by atoms with Crippen LogP contribution in [0.25, 0.3) is 0 Å². The number of carbonyl (C=O) groups is 2. The number of rotatable bonds is 6. The van der Waals surface area contributed by atoms with Crippen molar-refractivity contribution in [2.24, 2.45) is 0 Å². The van der Waals surface area contributed by atoms with E-state index in [2.05, 4.69) is 16.0 Å². The van der Waals surface area contributed by atoms with Crippen LogP contribution in [0.1, 0.15) is 23.4 Å². The van der Waals surface area contributed by atoms with Gasteiger partial charge in [-0.05, 0) is 23.9 Å². The van der Waals surface area contributed by atoms with Gasteiger partial charge >= 0.3 is 6.03 Å². The van der Waals surface area contributed by atoms with Crippen LogP contribution in [0.15, 0.2) is 47.8 Å². The van der Waals surface area contributed by atoms with E-state index in [0.29, 0.717) is 6.54 Å². The first-order valence-corrected chi connectivity index (χ1v) is 7.91. The van der Waals surface area contributed by atoms with Crippen molar-refractivity contribution in [3.63, 3.8) is 0 Å². The Bertz CT molecular complexity index is 599. The number of amides is 3. The first-order chi connectivity index (χ1) is 10.6. The van der Waals surface area contributed by atoms with Crippen LogP contribution < -0.4 is 16.0 Å². The molecule has 3 N–H and O–H groups in total. The molecule has 1 aromatic carbocycles. The summed E-state index contributed by atoms with van der Waals surface area (Å²) in [6.07, 6.45) is 0. The molecule has 1 atom stereocenters. The second-order valence-electron chi connectivity index (χ2n) is 4.83. The molecule has 0 saturated heterocycles. The van der Waals surface area contributed by atoms with Crippen molar-refractivity contribution in [3.8, 4) is 0 Å². The van der Waals surface area contributed by atoms with Crippen LogP contribution in [0.2, 0.25) is 0 Å². The van der Waals surface area contributed by atoms with Gasteiger partial charge in [-0.15, -0.1) is 11.3 Å². The molecular weight excluding hydrogens is 298 g/mol. The van der Waals surface area contributed by atoms with Crippen molar-refractivity contribution in [2.75, 3.05) is 6.54 Å². The summed E-state index contributed by atoms with van der Waals surface area (Å²) in [6.45, 7) is 2.46. The molecular formula is C16H19N3O2S. The van der Waals surface area contributed by atoms with Crippen molar-refractivity contribution >= 4 is 23.3 Å². The Hall–Kier alpha value is -2.18. The maximum atomic E-state index is 11.7. The molecule has 0 aliphatic carbocycles. The van der Waals surface area contributed by atoms with E-state index in [1.807, 2.05) is 54.8 Å². The van der Waals surface area contributed by atoms with Crippen molar-refractivity contribution < 1.29 is 9.59 Å². The Morgan fingerprint density at radius 3 is 2.59 bits per heavy atom. The standard InChI is InChI=1S/C16H19N3O2S/c1-12(14-8-5-9-22-14)17-11-15(20)19-16(21)18-10-13-6-3-2-4-7-13/h2-9,12,17H,10-11H2,1H3,(H2,18,19,20,21). The summed E-state index contributed by atoms with van der Waals surface area (Å²) >= 11 is 1.63. The first kappa shape index (κ1) is 16.2. The maximum Gasteiger partial charge on any atom is 0.321 e. The highest BCUT2D eigenvalue weighted by atomic mass is 32.1. The highest BCUT2D eigenvalue weighted by Gasteiger charge is 2.10. The zero-order valence-corrected chi connectivity index (χ0v) is 13.2. The number of hydrogen-bond donors (Lipinski definition) is 3. The smallest absolute Gasteiger partial charge is 0.321 e. The predicted octanol–water partition coefficient (Wildman–Crippen LogP) is 2.42. The Morgan fingerprint density at radius 1 is 1.14 bits per heavy atom. The fourth-order valence-electron chi connectivity index (χ4n) is 1.88. The van der Waals surface area contributed by atoms with E-state index in [9.17, 15) is 9.59 Å². The van der Waals surface area contributed by atoms with Gasteiger partial charge in [0.2, 0.25) is 5.91 Å². The number of thiophene rings is 1. The molecule has 0 fully saturated rings. The lowest BCUT2D eigenvalue weighted by molar-refractivity contribution is -0.119. The number of hydrogen-bond acceptors (Lipinski definition) is 4. The lowest BCUT2D eigenvalue weighted by Gasteiger charge is -2.12. The van der Waals surface area contributed by atoms with Crippen LogP contribution in [0, 0.1) is 0 Å². The van der Waals surface area contributed by atoms with Crippen molar-refractivity contribution in [1.82, 2.24) is 16.0 Å². The van der Waals surface area contributed by atoms with Crippen molar-refractivity contribution in [1.29, 1.82) is 0 Å². The average Bonchev–Trinajstić information content (AvgIpc) is 3.06. The third-order valence-corrected chi connectivity index (χ3v) is 4.14. The Kier molecular flexibility index (Phi) is 6.12. The third-order valence-electron chi connectivity index (χ3n) is 3.09. The first-order valence-electron chi connectivity index (χ1n) is 7.03. The predicted molar refractivity (Wildman–Crippen MR) is 87.6 cm³/mol. The van der Waals surface area contributed by atoms with Gasteiger partial charge in [-0.3, -0.25) is 10.1 Å². The fraction of sp³-hybridized carbons (Fsp3) is 0.250. The van der Waals surface area contributed by atoms with E-state index in [1.165, 1.54) is 0 Å². The van der Waals surface area contributed by atoms with E-state index in [1.54, 1.807) is 11.3 Å². The summed E-state index contributed by atoms with van der Waals surface area (Å²) < 4.78 is 0. The minimum atomic E-state index is -0.487. The van der Waals surface area contributed by atoms with Crippen LogP contribution in [0.3, 0.4) is 0 Å². The van der Waals surface area contributed by atoms with Crippen LogP contribution in [-0.4, -0.2) is 18.5 Å². The van der Waals surface area contributed by atoms with Crippen molar-refractivity contribution in [3.05, 3.63) is 58.3 Å².